The Morgan fingerprint density at radius 2 is 1.54 bits per heavy atom. The van der Waals surface area contributed by atoms with Gasteiger partial charge in [-0.2, -0.15) is 9.97 Å². The van der Waals surface area contributed by atoms with Crippen molar-refractivity contribution in [3.8, 4) is 23.3 Å². The van der Waals surface area contributed by atoms with Crippen LogP contribution in [0.15, 0.2) is 36.4 Å². The lowest BCUT2D eigenvalue weighted by Gasteiger charge is -2.15. The first-order valence-corrected chi connectivity index (χ1v) is 8.98. The van der Waals surface area contributed by atoms with E-state index in [2.05, 4.69) is 9.97 Å². The van der Waals surface area contributed by atoms with Gasteiger partial charge >= 0.3 is 0 Å². The number of aromatic nitrogens is 2. The van der Waals surface area contributed by atoms with Crippen molar-refractivity contribution in [3.05, 3.63) is 70.0 Å². The summed E-state index contributed by atoms with van der Waals surface area (Å²) in [5, 5.41) is 7.60. The standard InChI is InChI=1S/C22H24N4O2/c1-12-6-7-13(2)19(10-12)28-22-15(4)21(25-16(5)26-22)27-17-8-9-18(20(23)24)14(3)11-17/h6-11H,1-5H3,(H3,23,24). The monoisotopic (exact) mass is 376 g/mol. The first-order chi connectivity index (χ1) is 13.2. The minimum absolute atomic E-state index is 0.0299. The van der Waals surface area contributed by atoms with Gasteiger partial charge in [-0.1, -0.05) is 12.1 Å². The summed E-state index contributed by atoms with van der Waals surface area (Å²) in [4.78, 5) is 8.86. The van der Waals surface area contributed by atoms with E-state index in [1.54, 1.807) is 19.1 Å². The van der Waals surface area contributed by atoms with Gasteiger partial charge in [-0.25, -0.2) is 0 Å². The van der Waals surface area contributed by atoms with Crippen LogP contribution >= 0.6 is 0 Å². The minimum Gasteiger partial charge on any atom is -0.438 e. The van der Waals surface area contributed by atoms with E-state index in [-0.39, 0.29) is 5.84 Å². The molecule has 6 heteroatoms. The van der Waals surface area contributed by atoms with Gasteiger partial charge in [0.15, 0.2) is 0 Å². The van der Waals surface area contributed by atoms with E-state index in [1.807, 2.05) is 52.0 Å². The number of rotatable bonds is 5. The van der Waals surface area contributed by atoms with Crippen molar-refractivity contribution in [1.82, 2.24) is 9.97 Å². The number of nitrogen functional groups attached to an aromatic ring is 1. The number of aryl methyl sites for hydroxylation is 4. The molecule has 3 aromatic rings. The normalized spacial score (nSPS) is 10.6. The summed E-state index contributed by atoms with van der Waals surface area (Å²) in [6.07, 6.45) is 0. The Morgan fingerprint density at radius 1 is 0.857 bits per heavy atom. The molecule has 1 heterocycles. The molecular formula is C22H24N4O2. The van der Waals surface area contributed by atoms with E-state index in [0.717, 1.165) is 22.4 Å². The Labute approximate surface area is 164 Å². The summed E-state index contributed by atoms with van der Waals surface area (Å²) in [6, 6.07) is 11.4. The Bertz CT molecular complexity index is 1060. The Morgan fingerprint density at radius 3 is 2.18 bits per heavy atom. The molecule has 0 unspecified atom stereocenters. The largest absolute Gasteiger partial charge is 0.438 e. The highest BCUT2D eigenvalue weighted by atomic mass is 16.5. The summed E-state index contributed by atoms with van der Waals surface area (Å²) in [7, 11) is 0. The van der Waals surface area contributed by atoms with Crippen LogP contribution in [0.25, 0.3) is 0 Å². The Hall–Kier alpha value is -3.41. The van der Waals surface area contributed by atoms with E-state index >= 15 is 0 Å². The quantitative estimate of drug-likeness (QED) is 0.488. The molecule has 3 rings (SSSR count). The number of nitrogens with two attached hydrogens (primary N) is 1. The molecule has 3 N–H and O–H groups in total. The van der Waals surface area contributed by atoms with Crippen LogP contribution in [0, 0.1) is 40.0 Å². The van der Waals surface area contributed by atoms with Gasteiger partial charge in [-0.15, -0.1) is 0 Å². The van der Waals surface area contributed by atoms with Crippen molar-refractivity contribution in [2.45, 2.75) is 34.6 Å². The van der Waals surface area contributed by atoms with Crippen molar-refractivity contribution in [2.75, 3.05) is 0 Å². The maximum absolute atomic E-state index is 7.60. The SMILES string of the molecule is Cc1ccc(C)c(Oc2nc(C)nc(Oc3ccc(C(=N)N)c(C)c3)c2C)c1. The third-order valence-corrected chi connectivity index (χ3v) is 4.42. The van der Waals surface area contributed by atoms with Gasteiger partial charge in [0.1, 0.15) is 23.2 Å². The molecule has 0 atom stereocenters. The maximum atomic E-state index is 7.60. The Balaban J connectivity index is 1.94. The second-order valence-corrected chi connectivity index (χ2v) is 6.87. The van der Waals surface area contributed by atoms with Gasteiger partial charge in [0.2, 0.25) is 11.8 Å². The van der Waals surface area contributed by atoms with E-state index in [0.29, 0.717) is 34.5 Å². The average molecular weight is 376 g/mol. The van der Waals surface area contributed by atoms with Crippen molar-refractivity contribution < 1.29 is 9.47 Å². The average Bonchev–Trinajstić information content (AvgIpc) is 2.62. The fourth-order valence-corrected chi connectivity index (χ4v) is 2.81. The van der Waals surface area contributed by atoms with E-state index < -0.39 is 0 Å². The number of nitrogens with zero attached hydrogens (tertiary/aromatic N) is 2. The van der Waals surface area contributed by atoms with Gasteiger partial charge < -0.3 is 15.2 Å². The highest BCUT2D eigenvalue weighted by molar-refractivity contribution is 5.96. The van der Waals surface area contributed by atoms with Crippen LogP contribution in [0.4, 0.5) is 0 Å². The number of amidine groups is 1. The number of hydrogen-bond acceptors (Lipinski definition) is 5. The number of nitrogens with one attached hydrogen (secondary N) is 1. The first-order valence-electron chi connectivity index (χ1n) is 8.98. The van der Waals surface area contributed by atoms with Crippen LogP contribution in [-0.4, -0.2) is 15.8 Å². The summed E-state index contributed by atoms with van der Waals surface area (Å²) in [5.41, 5.74) is 9.97. The van der Waals surface area contributed by atoms with Gasteiger partial charge in [-0.3, -0.25) is 5.41 Å². The fraction of sp³-hybridized carbons (Fsp3) is 0.227. The first kappa shape index (κ1) is 19.4. The summed E-state index contributed by atoms with van der Waals surface area (Å²) < 4.78 is 12.1. The Kier molecular flexibility index (Phi) is 5.31. The van der Waals surface area contributed by atoms with E-state index in [1.165, 1.54) is 0 Å². The molecule has 2 aromatic carbocycles. The molecule has 0 saturated carbocycles. The molecule has 144 valence electrons. The highest BCUT2D eigenvalue weighted by Gasteiger charge is 2.15. The zero-order valence-corrected chi connectivity index (χ0v) is 16.8. The van der Waals surface area contributed by atoms with Crippen LogP contribution in [0.3, 0.4) is 0 Å². The molecule has 0 bridgehead atoms. The predicted octanol–water partition coefficient (Wildman–Crippen LogP) is 4.89. The van der Waals surface area contributed by atoms with Gasteiger partial charge in [0, 0.05) is 5.56 Å². The molecule has 0 aliphatic rings. The highest BCUT2D eigenvalue weighted by Crippen LogP contribution is 2.33. The van der Waals surface area contributed by atoms with Crippen molar-refractivity contribution in [1.29, 1.82) is 5.41 Å². The van der Waals surface area contributed by atoms with Crippen LogP contribution in [0.1, 0.15) is 33.6 Å². The maximum Gasteiger partial charge on any atom is 0.229 e. The van der Waals surface area contributed by atoms with Gasteiger partial charge in [-0.05, 0) is 75.6 Å². The molecule has 0 spiro atoms. The molecule has 0 saturated heterocycles. The lowest BCUT2D eigenvalue weighted by Crippen LogP contribution is -2.12. The molecule has 0 fully saturated rings. The van der Waals surface area contributed by atoms with Crippen LogP contribution in [-0.2, 0) is 0 Å². The summed E-state index contributed by atoms with van der Waals surface area (Å²) in [6.45, 7) is 9.57. The van der Waals surface area contributed by atoms with Crippen molar-refractivity contribution in [3.63, 3.8) is 0 Å². The number of benzene rings is 2. The minimum atomic E-state index is 0.0299. The number of ether oxygens (including phenoxy) is 2. The van der Waals surface area contributed by atoms with Crippen molar-refractivity contribution in [2.24, 2.45) is 5.73 Å². The molecule has 28 heavy (non-hydrogen) atoms. The molecule has 1 aromatic heterocycles. The zero-order chi connectivity index (χ0) is 20.4. The smallest absolute Gasteiger partial charge is 0.229 e. The summed E-state index contributed by atoms with van der Waals surface area (Å²) >= 11 is 0. The lowest BCUT2D eigenvalue weighted by molar-refractivity contribution is 0.422. The zero-order valence-electron chi connectivity index (χ0n) is 16.8. The van der Waals surface area contributed by atoms with Crippen LogP contribution < -0.4 is 15.2 Å². The summed E-state index contributed by atoms with van der Waals surface area (Å²) in [5.74, 6) is 2.85. The van der Waals surface area contributed by atoms with Crippen molar-refractivity contribution >= 4 is 5.84 Å². The second kappa shape index (κ2) is 7.68. The van der Waals surface area contributed by atoms with E-state index in [4.69, 9.17) is 20.6 Å². The molecule has 6 nitrogen and oxygen atoms in total. The predicted molar refractivity (Wildman–Crippen MR) is 110 cm³/mol. The molecule has 0 aliphatic heterocycles. The van der Waals surface area contributed by atoms with E-state index in [9.17, 15) is 0 Å². The van der Waals surface area contributed by atoms with Gasteiger partial charge in [0.25, 0.3) is 0 Å². The molecule has 0 amide bonds. The third-order valence-electron chi connectivity index (χ3n) is 4.42. The molecular weight excluding hydrogens is 352 g/mol. The number of hydrogen-bond donors (Lipinski definition) is 2. The fourth-order valence-electron chi connectivity index (χ4n) is 2.81. The topological polar surface area (TPSA) is 94.1 Å². The second-order valence-electron chi connectivity index (χ2n) is 6.87. The van der Waals surface area contributed by atoms with Crippen LogP contribution in [0.2, 0.25) is 0 Å². The molecule has 0 aliphatic carbocycles. The third kappa shape index (κ3) is 4.11. The van der Waals surface area contributed by atoms with Crippen LogP contribution in [0.5, 0.6) is 23.3 Å². The van der Waals surface area contributed by atoms with Gasteiger partial charge in [0.05, 0.1) is 5.56 Å². The lowest BCUT2D eigenvalue weighted by atomic mass is 10.1. The molecule has 0 radical (unpaired) electrons.